The molecule has 0 unspecified atom stereocenters. The van der Waals surface area contributed by atoms with Crippen LogP contribution in [0.1, 0.15) is 19.8 Å². The van der Waals surface area contributed by atoms with Crippen molar-refractivity contribution in [3.63, 3.8) is 0 Å². The summed E-state index contributed by atoms with van der Waals surface area (Å²) in [5.41, 5.74) is 0.627. The normalized spacial score (nSPS) is 19.4. The Hall–Kier alpha value is -0.640. The first-order chi connectivity index (χ1) is 5.41. The fraction of sp³-hybridized carbons (Fsp3) is 0.500. The summed E-state index contributed by atoms with van der Waals surface area (Å²) >= 11 is 0. The number of allylic oxidation sites excluding steroid dienone is 4. The van der Waals surface area contributed by atoms with Crippen LogP contribution in [0.3, 0.4) is 0 Å². The van der Waals surface area contributed by atoms with Crippen LogP contribution in [0, 0.1) is 0 Å². The molecular weight excluding hydrogens is 179 g/mol. The summed E-state index contributed by atoms with van der Waals surface area (Å²) in [7, 11) is -3.20. The zero-order valence-corrected chi connectivity index (χ0v) is 7.91. The zero-order chi connectivity index (χ0) is 9.35. The van der Waals surface area contributed by atoms with E-state index in [9.17, 15) is 12.8 Å². The van der Waals surface area contributed by atoms with Gasteiger partial charge < -0.3 is 0 Å². The minimum atomic E-state index is -3.20. The highest BCUT2D eigenvalue weighted by molar-refractivity contribution is 7.94. The summed E-state index contributed by atoms with van der Waals surface area (Å²) < 4.78 is 34.9. The maximum atomic E-state index is 12.9. The van der Waals surface area contributed by atoms with E-state index in [0.717, 1.165) is 12.3 Å². The molecule has 0 aromatic rings. The number of hydrogen-bond donors (Lipinski definition) is 0. The quantitative estimate of drug-likeness (QED) is 0.633. The standard InChI is InChI=1S/C8H11FO2S/c1-6-3-4-7(5-8(6)9)12(2,10)11/h5H,3-4H2,1-2H3. The molecule has 0 aromatic heterocycles. The van der Waals surface area contributed by atoms with Gasteiger partial charge in [0.05, 0.1) is 0 Å². The molecule has 12 heavy (non-hydrogen) atoms. The molecule has 0 heterocycles. The Morgan fingerprint density at radius 2 is 2.00 bits per heavy atom. The van der Waals surface area contributed by atoms with E-state index in [1.165, 1.54) is 0 Å². The second-order valence-corrected chi connectivity index (χ2v) is 5.08. The molecule has 2 nitrogen and oxygen atoms in total. The predicted molar refractivity (Wildman–Crippen MR) is 46.0 cm³/mol. The summed E-state index contributed by atoms with van der Waals surface area (Å²) in [6, 6.07) is 0. The molecule has 0 aliphatic heterocycles. The van der Waals surface area contributed by atoms with Crippen LogP contribution in [0.2, 0.25) is 0 Å². The van der Waals surface area contributed by atoms with Crippen LogP contribution in [0.25, 0.3) is 0 Å². The van der Waals surface area contributed by atoms with Gasteiger partial charge in [-0.1, -0.05) is 0 Å². The Kier molecular flexibility index (Phi) is 2.37. The molecule has 0 amide bonds. The van der Waals surface area contributed by atoms with Crippen molar-refractivity contribution in [1.82, 2.24) is 0 Å². The lowest BCUT2D eigenvalue weighted by Gasteiger charge is -2.11. The van der Waals surface area contributed by atoms with Gasteiger partial charge in [-0.05, 0) is 31.4 Å². The van der Waals surface area contributed by atoms with E-state index >= 15 is 0 Å². The van der Waals surface area contributed by atoms with E-state index in [2.05, 4.69) is 0 Å². The molecule has 4 heteroatoms. The van der Waals surface area contributed by atoms with Crippen LogP contribution >= 0.6 is 0 Å². The van der Waals surface area contributed by atoms with Gasteiger partial charge in [-0.2, -0.15) is 0 Å². The third-order valence-electron chi connectivity index (χ3n) is 1.92. The number of rotatable bonds is 1. The fourth-order valence-electron chi connectivity index (χ4n) is 1.06. The topological polar surface area (TPSA) is 34.1 Å². The van der Waals surface area contributed by atoms with Gasteiger partial charge in [0.15, 0.2) is 9.84 Å². The zero-order valence-electron chi connectivity index (χ0n) is 7.09. The fourth-order valence-corrected chi connectivity index (χ4v) is 1.85. The lowest BCUT2D eigenvalue weighted by molar-refractivity contribution is 0.599. The minimum absolute atomic E-state index is 0.200. The molecule has 68 valence electrons. The maximum absolute atomic E-state index is 12.9. The van der Waals surface area contributed by atoms with Crippen molar-refractivity contribution in [1.29, 1.82) is 0 Å². The smallest absolute Gasteiger partial charge is 0.171 e. The lowest BCUT2D eigenvalue weighted by Crippen LogP contribution is -2.05. The largest absolute Gasteiger partial charge is 0.224 e. The molecule has 0 fully saturated rings. The highest BCUT2D eigenvalue weighted by atomic mass is 32.2. The van der Waals surface area contributed by atoms with Crippen LogP contribution in [-0.4, -0.2) is 14.7 Å². The second kappa shape index (κ2) is 3.01. The predicted octanol–water partition coefficient (Wildman–Crippen LogP) is 1.95. The first-order valence-electron chi connectivity index (χ1n) is 3.67. The Morgan fingerprint density at radius 3 is 2.42 bits per heavy atom. The van der Waals surface area contributed by atoms with Crippen molar-refractivity contribution in [2.24, 2.45) is 0 Å². The van der Waals surface area contributed by atoms with E-state index in [-0.39, 0.29) is 4.91 Å². The van der Waals surface area contributed by atoms with Gasteiger partial charge in [0.25, 0.3) is 0 Å². The first kappa shape index (κ1) is 9.45. The number of halogens is 1. The van der Waals surface area contributed by atoms with Crippen LogP contribution < -0.4 is 0 Å². The Balaban J connectivity index is 3.08. The molecule has 0 radical (unpaired) electrons. The van der Waals surface area contributed by atoms with Crippen molar-refractivity contribution < 1.29 is 12.8 Å². The van der Waals surface area contributed by atoms with Crippen molar-refractivity contribution >= 4 is 9.84 Å². The van der Waals surface area contributed by atoms with Gasteiger partial charge in [-0.25, -0.2) is 12.8 Å². The molecule has 0 bridgehead atoms. The van der Waals surface area contributed by atoms with Gasteiger partial charge in [0.1, 0.15) is 5.83 Å². The molecule has 0 aromatic carbocycles. The molecule has 0 spiro atoms. The average molecular weight is 190 g/mol. The van der Waals surface area contributed by atoms with Crippen LogP contribution in [0.15, 0.2) is 22.4 Å². The number of hydrogen-bond acceptors (Lipinski definition) is 2. The van der Waals surface area contributed by atoms with E-state index in [4.69, 9.17) is 0 Å². The van der Waals surface area contributed by atoms with Crippen LogP contribution in [-0.2, 0) is 9.84 Å². The summed E-state index contributed by atoms with van der Waals surface area (Å²) in [5.74, 6) is -0.401. The summed E-state index contributed by atoms with van der Waals surface area (Å²) in [4.78, 5) is 0.200. The van der Waals surface area contributed by atoms with Crippen molar-refractivity contribution in [2.75, 3.05) is 6.26 Å². The summed E-state index contributed by atoms with van der Waals surface area (Å²) in [5, 5.41) is 0. The highest BCUT2D eigenvalue weighted by Crippen LogP contribution is 2.26. The van der Waals surface area contributed by atoms with Crippen LogP contribution in [0.4, 0.5) is 4.39 Å². The van der Waals surface area contributed by atoms with Gasteiger partial charge in [0.2, 0.25) is 0 Å². The third-order valence-corrected chi connectivity index (χ3v) is 3.19. The van der Waals surface area contributed by atoms with E-state index in [0.29, 0.717) is 18.4 Å². The van der Waals surface area contributed by atoms with Gasteiger partial charge in [-0.15, -0.1) is 0 Å². The molecule has 0 saturated carbocycles. The molecular formula is C8H11FO2S. The molecule has 1 rings (SSSR count). The van der Waals surface area contributed by atoms with E-state index in [1.807, 2.05) is 0 Å². The molecule has 0 saturated heterocycles. The van der Waals surface area contributed by atoms with Crippen molar-refractivity contribution in [3.8, 4) is 0 Å². The van der Waals surface area contributed by atoms with Crippen molar-refractivity contribution in [3.05, 3.63) is 22.4 Å². The second-order valence-electron chi connectivity index (χ2n) is 3.01. The van der Waals surface area contributed by atoms with Gasteiger partial charge >= 0.3 is 0 Å². The third kappa shape index (κ3) is 1.94. The minimum Gasteiger partial charge on any atom is -0.224 e. The highest BCUT2D eigenvalue weighted by Gasteiger charge is 2.17. The first-order valence-corrected chi connectivity index (χ1v) is 5.56. The monoisotopic (exact) mass is 190 g/mol. The maximum Gasteiger partial charge on any atom is 0.171 e. The Bertz CT molecular complexity index is 349. The summed E-state index contributed by atoms with van der Waals surface area (Å²) in [6.07, 6.45) is 3.16. The molecule has 1 aliphatic carbocycles. The van der Waals surface area contributed by atoms with E-state index < -0.39 is 15.7 Å². The van der Waals surface area contributed by atoms with Gasteiger partial charge in [-0.3, -0.25) is 0 Å². The Morgan fingerprint density at radius 1 is 1.42 bits per heavy atom. The van der Waals surface area contributed by atoms with Crippen molar-refractivity contribution in [2.45, 2.75) is 19.8 Å². The SMILES string of the molecule is CC1=C(F)C=C(S(C)(=O)=O)CC1. The molecule has 0 atom stereocenters. The molecule has 1 aliphatic rings. The number of sulfone groups is 1. The summed E-state index contributed by atoms with van der Waals surface area (Å²) in [6.45, 7) is 1.67. The average Bonchev–Trinajstić information content (AvgIpc) is 1.92. The van der Waals surface area contributed by atoms with Crippen LogP contribution in [0.5, 0.6) is 0 Å². The lowest BCUT2D eigenvalue weighted by atomic mass is 10.1. The molecule has 0 N–H and O–H groups in total. The van der Waals surface area contributed by atoms with Gasteiger partial charge in [0, 0.05) is 11.2 Å². The Labute approximate surface area is 71.7 Å². The van der Waals surface area contributed by atoms with E-state index in [1.54, 1.807) is 6.92 Å².